The van der Waals surface area contributed by atoms with Crippen LogP contribution in [0.25, 0.3) is 10.9 Å². The van der Waals surface area contributed by atoms with Crippen molar-refractivity contribution >= 4 is 10.9 Å². The lowest BCUT2D eigenvalue weighted by atomic mass is 10.1. The molecule has 0 radical (unpaired) electrons. The fraction of sp³-hybridized carbons (Fsp3) is 0.471. The fourth-order valence-electron chi connectivity index (χ4n) is 3.08. The molecule has 106 valence electrons. The van der Waals surface area contributed by atoms with Gasteiger partial charge in [-0.2, -0.15) is 0 Å². The Balaban J connectivity index is 1.86. The summed E-state index contributed by atoms with van der Waals surface area (Å²) in [6, 6.07) is 11.4. The molecule has 1 aliphatic heterocycles. The average Bonchev–Trinajstić information content (AvgIpc) is 2.47. The molecule has 3 heteroatoms. The van der Waals surface area contributed by atoms with Gasteiger partial charge in [0.2, 0.25) is 0 Å². The molecule has 0 spiro atoms. The molecule has 3 nitrogen and oxygen atoms in total. The van der Waals surface area contributed by atoms with Gasteiger partial charge in [-0.05, 0) is 31.0 Å². The molecule has 3 rings (SSSR count). The molecule has 1 aromatic carbocycles. The lowest BCUT2D eigenvalue weighted by molar-refractivity contribution is 0.190. The van der Waals surface area contributed by atoms with E-state index in [-0.39, 0.29) is 0 Å². The highest BCUT2D eigenvalue weighted by Crippen LogP contribution is 2.20. The molecule has 1 unspecified atom stereocenters. The van der Waals surface area contributed by atoms with E-state index in [0.29, 0.717) is 6.04 Å². The zero-order chi connectivity index (χ0) is 13.9. The maximum Gasteiger partial charge on any atom is 0.0708 e. The third-order valence-electron chi connectivity index (χ3n) is 4.16. The maximum absolute atomic E-state index is 4.63. The third-order valence-corrected chi connectivity index (χ3v) is 4.16. The first-order valence-corrected chi connectivity index (χ1v) is 7.57. The molecular weight excluding hydrogens is 246 g/mol. The number of aromatic nitrogens is 1. The number of pyridine rings is 1. The molecule has 0 saturated carbocycles. The van der Waals surface area contributed by atoms with Crippen molar-refractivity contribution in [3.63, 3.8) is 0 Å². The summed E-state index contributed by atoms with van der Waals surface area (Å²) in [5, 5.41) is 4.88. The van der Waals surface area contributed by atoms with Crippen molar-refractivity contribution < 1.29 is 0 Å². The van der Waals surface area contributed by atoms with Crippen molar-refractivity contribution in [1.82, 2.24) is 15.2 Å². The van der Waals surface area contributed by atoms with Crippen LogP contribution in [0.3, 0.4) is 0 Å². The van der Waals surface area contributed by atoms with E-state index in [2.05, 4.69) is 59.4 Å². The minimum atomic E-state index is 0.637. The molecule has 1 atom stereocenters. The Morgan fingerprint density at radius 1 is 1.35 bits per heavy atom. The molecular formula is C17H23N3. The van der Waals surface area contributed by atoms with E-state index < -0.39 is 0 Å². The second-order valence-electron chi connectivity index (χ2n) is 5.73. The Labute approximate surface area is 121 Å². The highest BCUT2D eigenvalue weighted by atomic mass is 15.2. The molecule has 1 saturated heterocycles. The summed E-state index contributed by atoms with van der Waals surface area (Å²) in [5.41, 5.74) is 3.63. The van der Waals surface area contributed by atoms with E-state index in [4.69, 9.17) is 0 Å². The summed E-state index contributed by atoms with van der Waals surface area (Å²) >= 11 is 0. The number of para-hydroxylation sites is 1. The molecule has 2 aromatic rings. The lowest BCUT2D eigenvalue weighted by Gasteiger charge is -2.33. The smallest absolute Gasteiger partial charge is 0.0708 e. The van der Waals surface area contributed by atoms with Crippen molar-refractivity contribution in [2.24, 2.45) is 0 Å². The minimum absolute atomic E-state index is 0.637. The normalized spacial score (nSPS) is 20.4. The van der Waals surface area contributed by atoms with Gasteiger partial charge in [0.25, 0.3) is 0 Å². The van der Waals surface area contributed by atoms with Gasteiger partial charge in [0.1, 0.15) is 0 Å². The summed E-state index contributed by atoms with van der Waals surface area (Å²) in [4.78, 5) is 7.19. The van der Waals surface area contributed by atoms with Gasteiger partial charge in [-0.25, -0.2) is 0 Å². The first kappa shape index (κ1) is 13.5. The number of fused-ring (bicyclic) bond motifs is 1. The predicted octanol–water partition coefficient (Wildman–Crippen LogP) is 2.73. The van der Waals surface area contributed by atoms with E-state index >= 15 is 0 Å². The summed E-state index contributed by atoms with van der Waals surface area (Å²) in [5.74, 6) is 0. The number of hydrogen-bond donors (Lipinski definition) is 1. The van der Waals surface area contributed by atoms with Gasteiger partial charge in [0.05, 0.1) is 5.52 Å². The maximum atomic E-state index is 4.63. The Kier molecular flexibility index (Phi) is 3.99. The van der Waals surface area contributed by atoms with E-state index in [9.17, 15) is 0 Å². The highest BCUT2D eigenvalue weighted by molar-refractivity contribution is 5.82. The van der Waals surface area contributed by atoms with Crippen LogP contribution in [-0.4, -0.2) is 35.6 Å². The first-order valence-electron chi connectivity index (χ1n) is 7.57. The van der Waals surface area contributed by atoms with Crippen molar-refractivity contribution in [1.29, 1.82) is 0 Å². The van der Waals surface area contributed by atoms with E-state index in [1.807, 2.05) is 0 Å². The van der Waals surface area contributed by atoms with Crippen LogP contribution < -0.4 is 5.32 Å². The Bertz CT molecular complexity index is 594. The van der Waals surface area contributed by atoms with Crippen LogP contribution >= 0.6 is 0 Å². The Morgan fingerprint density at radius 2 is 2.20 bits per heavy atom. The molecule has 2 heterocycles. The number of hydrogen-bond acceptors (Lipinski definition) is 3. The van der Waals surface area contributed by atoms with Crippen molar-refractivity contribution in [3.8, 4) is 0 Å². The van der Waals surface area contributed by atoms with Gasteiger partial charge < -0.3 is 5.32 Å². The number of benzene rings is 1. The third kappa shape index (κ3) is 2.84. The standard InChI is InChI=1S/C17H23N3/c1-3-15-12-20(9-8-18-15)11-14-10-13(2)19-17-7-5-4-6-16(14)17/h4-7,10,15,18H,3,8-9,11-12H2,1-2H3. The average molecular weight is 269 g/mol. The van der Waals surface area contributed by atoms with Crippen LogP contribution in [0.4, 0.5) is 0 Å². The molecule has 0 amide bonds. The monoisotopic (exact) mass is 269 g/mol. The first-order chi connectivity index (χ1) is 9.76. The zero-order valence-electron chi connectivity index (χ0n) is 12.4. The Hall–Kier alpha value is -1.45. The van der Waals surface area contributed by atoms with Crippen LogP contribution in [0, 0.1) is 6.92 Å². The summed E-state index contributed by atoms with van der Waals surface area (Å²) in [7, 11) is 0. The van der Waals surface area contributed by atoms with Gasteiger partial charge in [-0.15, -0.1) is 0 Å². The van der Waals surface area contributed by atoms with E-state index in [1.54, 1.807) is 0 Å². The summed E-state index contributed by atoms with van der Waals surface area (Å²) in [6.45, 7) is 8.75. The quantitative estimate of drug-likeness (QED) is 0.928. The number of nitrogens with zero attached hydrogens (tertiary/aromatic N) is 2. The SMILES string of the molecule is CCC1CN(Cc2cc(C)nc3ccccc23)CCN1. The second-order valence-corrected chi connectivity index (χ2v) is 5.73. The number of aryl methyl sites for hydroxylation is 1. The number of rotatable bonds is 3. The second kappa shape index (κ2) is 5.90. The van der Waals surface area contributed by atoms with Gasteiger partial charge in [0.15, 0.2) is 0 Å². The van der Waals surface area contributed by atoms with Crippen LogP contribution in [0.15, 0.2) is 30.3 Å². The van der Waals surface area contributed by atoms with Gasteiger partial charge in [-0.1, -0.05) is 25.1 Å². The molecule has 1 fully saturated rings. The Morgan fingerprint density at radius 3 is 3.05 bits per heavy atom. The molecule has 0 bridgehead atoms. The summed E-state index contributed by atoms with van der Waals surface area (Å²) < 4.78 is 0. The van der Waals surface area contributed by atoms with Gasteiger partial charge in [0, 0.05) is 43.3 Å². The number of piperazine rings is 1. The topological polar surface area (TPSA) is 28.2 Å². The summed E-state index contributed by atoms with van der Waals surface area (Å²) in [6.07, 6.45) is 1.20. The minimum Gasteiger partial charge on any atom is -0.311 e. The zero-order valence-corrected chi connectivity index (χ0v) is 12.4. The van der Waals surface area contributed by atoms with Crippen molar-refractivity contribution in [3.05, 3.63) is 41.6 Å². The molecule has 1 aromatic heterocycles. The molecule has 0 aliphatic carbocycles. The van der Waals surface area contributed by atoms with Gasteiger partial charge in [-0.3, -0.25) is 9.88 Å². The van der Waals surface area contributed by atoms with E-state index in [1.165, 1.54) is 17.4 Å². The van der Waals surface area contributed by atoms with Crippen LogP contribution in [0.2, 0.25) is 0 Å². The van der Waals surface area contributed by atoms with Crippen molar-refractivity contribution in [2.45, 2.75) is 32.9 Å². The van der Waals surface area contributed by atoms with Crippen molar-refractivity contribution in [2.75, 3.05) is 19.6 Å². The predicted molar refractivity (Wildman–Crippen MR) is 83.8 cm³/mol. The van der Waals surface area contributed by atoms with Crippen LogP contribution in [0.1, 0.15) is 24.6 Å². The molecule has 1 N–H and O–H groups in total. The lowest BCUT2D eigenvalue weighted by Crippen LogP contribution is -2.49. The van der Waals surface area contributed by atoms with Crippen LogP contribution in [-0.2, 0) is 6.54 Å². The van der Waals surface area contributed by atoms with Gasteiger partial charge >= 0.3 is 0 Å². The van der Waals surface area contributed by atoms with Crippen LogP contribution in [0.5, 0.6) is 0 Å². The molecule has 1 aliphatic rings. The fourth-order valence-corrected chi connectivity index (χ4v) is 3.08. The number of nitrogens with one attached hydrogen (secondary N) is 1. The largest absolute Gasteiger partial charge is 0.311 e. The molecule has 20 heavy (non-hydrogen) atoms. The van der Waals surface area contributed by atoms with E-state index in [0.717, 1.165) is 37.4 Å². The highest BCUT2D eigenvalue weighted by Gasteiger charge is 2.18.